The van der Waals surface area contributed by atoms with E-state index in [9.17, 15) is 4.79 Å². The zero-order valence-electron chi connectivity index (χ0n) is 13.2. The molecule has 0 aromatic carbocycles. The summed E-state index contributed by atoms with van der Waals surface area (Å²) in [5.41, 5.74) is 0.355. The zero-order valence-corrected chi connectivity index (χ0v) is 13.2. The van der Waals surface area contributed by atoms with Crippen LogP contribution in [0.3, 0.4) is 0 Å². The topological polar surface area (TPSA) is 20.3 Å². The standard InChI is InChI=1S/C17H31NO/c1-5-15-7-6-10-18(15)12-13-11-14(17(2,3)4)8-9-16(13)19/h13-15H,5-12H2,1-4H3. The van der Waals surface area contributed by atoms with Crippen molar-refractivity contribution in [1.82, 2.24) is 4.90 Å². The maximum Gasteiger partial charge on any atom is 0.137 e. The molecular weight excluding hydrogens is 234 g/mol. The third-order valence-corrected chi connectivity index (χ3v) is 5.41. The van der Waals surface area contributed by atoms with Gasteiger partial charge in [0.1, 0.15) is 5.78 Å². The Morgan fingerprint density at radius 3 is 2.63 bits per heavy atom. The van der Waals surface area contributed by atoms with E-state index in [0.29, 0.717) is 17.1 Å². The Bertz CT molecular complexity index is 318. The predicted molar refractivity (Wildman–Crippen MR) is 80.2 cm³/mol. The fraction of sp³-hybridized carbons (Fsp3) is 0.941. The molecule has 2 heteroatoms. The fourth-order valence-electron chi connectivity index (χ4n) is 3.96. The lowest BCUT2D eigenvalue weighted by Crippen LogP contribution is -2.40. The summed E-state index contributed by atoms with van der Waals surface area (Å²) in [4.78, 5) is 14.8. The van der Waals surface area contributed by atoms with E-state index in [1.165, 1.54) is 25.8 Å². The summed E-state index contributed by atoms with van der Waals surface area (Å²) >= 11 is 0. The first-order chi connectivity index (χ1) is 8.91. The second kappa shape index (κ2) is 5.95. The van der Waals surface area contributed by atoms with Crippen LogP contribution in [0.1, 0.15) is 66.2 Å². The Labute approximate surface area is 118 Å². The molecule has 2 nitrogen and oxygen atoms in total. The van der Waals surface area contributed by atoms with Crippen molar-refractivity contribution in [3.8, 4) is 0 Å². The van der Waals surface area contributed by atoms with Crippen molar-refractivity contribution in [2.75, 3.05) is 13.1 Å². The largest absolute Gasteiger partial charge is 0.300 e. The highest BCUT2D eigenvalue weighted by Crippen LogP contribution is 2.39. The molecule has 0 aromatic heterocycles. The highest BCUT2D eigenvalue weighted by molar-refractivity contribution is 5.82. The first-order valence-corrected chi connectivity index (χ1v) is 8.18. The molecule has 19 heavy (non-hydrogen) atoms. The van der Waals surface area contributed by atoms with Crippen LogP contribution in [0.25, 0.3) is 0 Å². The van der Waals surface area contributed by atoms with Gasteiger partial charge >= 0.3 is 0 Å². The molecule has 0 radical (unpaired) electrons. The van der Waals surface area contributed by atoms with Crippen LogP contribution < -0.4 is 0 Å². The van der Waals surface area contributed by atoms with E-state index >= 15 is 0 Å². The lowest BCUT2D eigenvalue weighted by Gasteiger charge is -2.38. The monoisotopic (exact) mass is 265 g/mol. The van der Waals surface area contributed by atoms with Gasteiger partial charge in [-0.25, -0.2) is 0 Å². The molecule has 0 amide bonds. The van der Waals surface area contributed by atoms with Crippen LogP contribution in [0.2, 0.25) is 0 Å². The predicted octanol–water partition coefficient (Wildman–Crippen LogP) is 3.89. The van der Waals surface area contributed by atoms with Crippen LogP contribution in [-0.2, 0) is 4.79 Å². The summed E-state index contributed by atoms with van der Waals surface area (Å²) in [6, 6.07) is 0.739. The highest BCUT2D eigenvalue weighted by atomic mass is 16.1. The normalized spacial score (nSPS) is 33.9. The molecule has 1 saturated carbocycles. The van der Waals surface area contributed by atoms with Crippen molar-refractivity contribution < 1.29 is 4.79 Å². The van der Waals surface area contributed by atoms with Crippen LogP contribution in [0, 0.1) is 17.3 Å². The molecular formula is C17H31NO. The first-order valence-electron chi connectivity index (χ1n) is 8.18. The number of Topliss-reactive ketones (excluding diaryl/α,β-unsaturated/α-hetero) is 1. The molecule has 3 unspecified atom stereocenters. The summed E-state index contributed by atoms with van der Waals surface area (Å²) in [6.07, 6.45) is 6.94. The molecule has 2 fully saturated rings. The number of hydrogen-bond acceptors (Lipinski definition) is 2. The molecule has 1 aliphatic carbocycles. The van der Waals surface area contributed by atoms with E-state index in [1.54, 1.807) is 0 Å². The minimum atomic E-state index is 0.310. The van der Waals surface area contributed by atoms with E-state index in [2.05, 4.69) is 32.6 Å². The van der Waals surface area contributed by atoms with Crippen molar-refractivity contribution >= 4 is 5.78 Å². The van der Waals surface area contributed by atoms with E-state index in [-0.39, 0.29) is 0 Å². The minimum Gasteiger partial charge on any atom is -0.300 e. The summed E-state index contributed by atoms with van der Waals surface area (Å²) in [5.74, 6) is 1.56. The van der Waals surface area contributed by atoms with Gasteiger partial charge in [-0.3, -0.25) is 9.69 Å². The van der Waals surface area contributed by atoms with E-state index in [1.807, 2.05) is 0 Å². The van der Waals surface area contributed by atoms with Gasteiger partial charge < -0.3 is 0 Å². The third kappa shape index (κ3) is 3.59. The molecule has 1 aliphatic heterocycles. The summed E-state index contributed by atoms with van der Waals surface area (Å²) in [5, 5.41) is 0. The molecule has 0 bridgehead atoms. The first kappa shape index (κ1) is 15.0. The average molecular weight is 265 g/mol. The van der Waals surface area contributed by atoms with E-state index in [0.717, 1.165) is 37.8 Å². The number of likely N-dealkylation sites (tertiary alicyclic amines) is 1. The van der Waals surface area contributed by atoms with Crippen LogP contribution in [0.4, 0.5) is 0 Å². The van der Waals surface area contributed by atoms with Gasteiger partial charge in [0.15, 0.2) is 0 Å². The minimum absolute atomic E-state index is 0.310. The smallest absolute Gasteiger partial charge is 0.137 e. The van der Waals surface area contributed by atoms with Gasteiger partial charge in [0.2, 0.25) is 0 Å². The Balaban J connectivity index is 1.96. The number of carbonyl (C=O) groups excluding carboxylic acids is 1. The van der Waals surface area contributed by atoms with Crippen molar-refractivity contribution in [2.45, 2.75) is 72.3 Å². The van der Waals surface area contributed by atoms with E-state index in [4.69, 9.17) is 0 Å². The molecule has 3 atom stereocenters. The van der Waals surface area contributed by atoms with Crippen molar-refractivity contribution in [3.05, 3.63) is 0 Å². The molecule has 2 aliphatic rings. The Morgan fingerprint density at radius 2 is 2.00 bits per heavy atom. The summed E-state index contributed by atoms with van der Waals surface area (Å²) in [7, 11) is 0. The van der Waals surface area contributed by atoms with Gasteiger partial charge in [0.05, 0.1) is 0 Å². The Morgan fingerprint density at radius 1 is 1.26 bits per heavy atom. The number of ketones is 1. The second-order valence-electron chi connectivity index (χ2n) is 7.70. The second-order valence-corrected chi connectivity index (χ2v) is 7.70. The number of rotatable bonds is 3. The summed E-state index contributed by atoms with van der Waals surface area (Å²) in [6.45, 7) is 11.5. The van der Waals surface area contributed by atoms with Gasteiger partial charge in [-0.15, -0.1) is 0 Å². The van der Waals surface area contributed by atoms with Gasteiger partial charge in [-0.2, -0.15) is 0 Å². The van der Waals surface area contributed by atoms with Crippen LogP contribution in [0.5, 0.6) is 0 Å². The number of nitrogens with zero attached hydrogens (tertiary/aromatic N) is 1. The SMILES string of the molecule is CCC1CCCN1CC1CC(C(C)(C)C)CCC1=O. The third-order valence-electron chi connectivity index (χ3n) is 5.41. The molecule has 2 rings (SSSR count). The van der Waals surface area contributed by atoms with Gasteiger partial charge in [0.25, 0.3) is 0 Å². The van der Waals surface area contributed by atoms with Crippen LogP contribution in [-0.4, -0.2) is 29.8 Å². The maximum atomic E-state index is 12.2. The van der Waals surface area contributed by atoms with Crippen molar-refractivity contribution in [1.29, 1.82) is 0 Å². The number of carbonyl (C=O) groups is 1. The Kier molecular flexibility index (Phi) is 4.70. The maximum absolute atomic E-state index is 12.2. The number of hydrogen-bond donors (Lipinski definition) is 0. The lowest BCUT2D eigenvalue weighted by molar-refractivity contribution is -0.127. The molecule has 0 N–H and O–H groups in total. The van der Waals surface area contributed by atoms with Crippen LogP contribution >= 0.6 is 0 Å². The van der Waals surface area contributed by atoms with Crippen molar-refractivity contribution in [3.63, 3.8) is 0 Å². The lowest BCUT2D eigenvalue weighted by atomic mass is 9.68. The van der Waals surface area contributed by atoms with Gasteiger partial charge in [0, 0.05) is 24.9 Å². The molecule has 110 valence electrons. The van der Waals surface area contributed by atoms with Crippen molar-refractivity contribution in [2.24, 2.45) is 17.3 Å². The van der Waals surface area contributed by atoms with Gasteiger partial charge in [-0.05, 0) is 50.0 Å². The average Bonchev–Trinajstić information content (AvgIpc) is 2.77. The quantitative estimate of drug-likeness (QED) is 0.771. The molecule has 0 spiro atoms. The van der Waals surface area contributed by atoms with Gasteiger partial charge in [-0.1, -0.05) is 27.7 Å². The molecule has 1 heterocycles. The zero-order chi connectivity index (χ0) is 14.0. The fourth-order valence-corrected chi connectivity index (χ4v) is 3.96. The van der Waals surface area contributed by atoms with E-state index < -0.39 is 0 Å². The highest BCUT2D eigenvalue weighted by Gasteiger charge is 2.36. The summed E-state index contributed by atoms with van der Waals surface area (Å²) < 4.78 is 0. The van der Waals surface area contributed by atoms with Crippen LogP contribution in [0.15, 0.2) is 0 Å². The Hall–Kier alpha value is -0.370. The molecule has 1 saturated heterocycles. The molecule has 0 aromatic rings.